The van der Waals surface area contributed by atoms with E-state index in [0.717, 1.165) is 11.3 Å². The summed E-state index contributed by atoms with van der Waals surface area (Å²) in [5.74, 6) is 0.756. The summed E-state index contributed by atoms with van der Waals surface area (Å²) in [5.41, 5.74) is 0.853. The number of ether oxygens (including phenoxy) is 2. The van der Waals surface area contributed by atoms with Crippen LogP contribution >= 0.6 is 35.0 Å². The van der Waals surface area contributed by atoms with Crippen LogP contribution in [0.2, 0.25) is 10.0 Å². The summed E-state index contributed by atoms with van der Waals surface area (Å²) in [5, 5.41) is 14.8. The summed E-state index contributed by atoms with van der Waals surface area (Å²) in [6.07, 6.45) is 7.09. The molecule has 0 aliphatic carbocycles. The lowest BCUT2D eigenvalue weighted by molar-refractivity contribution is -0.742. The molecule has 0 saturated carbocycles. The van der Waals surface area contributed by atoms with Crippen molar-refractivity contribution in [2.24, 2.45) is 0 Å². The number of benzene rings is 2. The van der Waals surface area contributed by atoms with E-state index in [1.807, 2.05) is 47.4 Å². The van der Waals surface area contributed by atoms with Crippen molar-refractivity contribution in [2.75, 3.05) is 13.0 Å². The van der Waals surface area contributed by atoms with Crippen molar-refractivity contribution in [3.8, 4) is 5.75 Å². The Morgan fingerprint density at radius 3 is 2.53 bits per heavy atom. The lowest BCUT2D eigenvalue weighted by Crippen LogP contribution is -2.15. The monoisotopic (exact) mass is 471 g/mol. The van der Waals surface area contributed by atoms with Crippen molar-refractivity contribution < 1.29 is 19.8 Å². The average Bonchev–Trinajstić information content (AvgIpc) is 3.21. The van der Waals surface area contributed by atoms with Crippen LogP contribution in [0.1, 0.15) is 11.7 Å². The second kappa shape index (κ2) is 12.3. The second-order valence-electron chi connectivity index (χ2n) is 5.76. The summed E-state index contributed by atoms with van der Waals surface area (Å²) in [6, 6.07) is 13.3. The highest BCUT2D eigenvalue weighted by Crippen LogP contribution is 2.30. The van der Waals surface area contributed by atoms with E-state index in [-0.39, 0.29) is 12.9 Å². The van der Waals surface area contributed by atoms with Gasteiger partial charge >= 0.3 is 0 Å². The molecule has 0 spiro atoms. The molecule has 1 N–H and O–H groups in total. The Morgan fingerprint density at radius 2 is 1.97 bits per heavy atom. The Bertz CT molecular complexity index is 922. The topological polar surface area (TPSA) is 99.7 Å². The van der Waals surface area contributed by atoms with E-state index in [4.69, 9.17) is 48.0 Å². The molecule has 1 unspecified atom stereocenters. The lowest BCUT2D eigenvalue weighted by atomic mass is 10.1. The quantitative estimate of drug-likeness (QED) is 0.204. The molecule has 1 aromatic heterocycles. The van der Waals surface area contributed by atoms with Gasteiger partial charge in [0, 0.05) is 32.9 Å². The molecule has 1 heterocycles. The molecule has 0 saturated heterocycles. The van der Waals surface area contributed by atoms with Crippen LogP contribution in [-0.4, -0.2) is 32.9 Å². The van der Waals surface area contributed by atoms with Crippen molar-refractivity contribution in [2.45, 2.75) is 17.5 Å². The summed E-state index contributed by atoms with van der Waals surface area (Å²) in [7, 11) is 0. The Labute approximate surface area is 187 Å². The number of rotatable bonds is 8. The standard InChI is InChI=1S/C19H18Cl2N2O2S.HNO3/c1-26-16-5-3-15(4-6-16)24-13-25-19(11-23-9-8-22-12-23)17-7-2-14(20)10-18(17)21;2-1(3)4/h2-10,12,19H,11,13H2,1H3;(H,2,3,4). The van der Waals surface area contributed by atoms with E-state index >= 15 is 0 Å². The number of imidazole rings is 1. The third-order valence-electron chi connectivity index (χ3n) is 3.80. The van der Waals surface area contributed by atoms with Gasteiger partial charge in [-0.25, -0.2) is 4.98 Å². The summed E-state index contributed by atoms with van der Waals surface area (Å²) in [6.45, 7) is 0.674. The number of hydrogen-bond acceptors (Lipinski definition) is 6. The maximum atomic E-state index is 8.36. The van der Waals surface area contributed by atoms with E-state index in [1.165, 1.54) is 4.90 Å². The first kappa shape index (κ1) is 23.8. The molecule has 3 aromatic rings. The predicted molar refractivity (Wildman–Crippen MR) is 115 cm³/mol. The van der Waals surface area contributed by atoms with Gasteiger partial charge in [-0.15, -0.1) is 21.9 Å². The molecule has 0 amide bonds. The van der Waals surface area contributed by atoms with Gasteiger partial charge < -0.3 is 19.2 Å². The Morgan fingerprint density at radius 1 is 1.27 bits per heavy atom. The molecular weight excluding hydrogens is 453 g/mol. The number of nitrogens with zero attached hydrogens (tertiary/aromatic N) is 3. The van der Waals surface area contributed by atoms with Crippen molar-refractivity contribution in [3.63, 3.8) is 0 Å². The van der Waals surface area contributed by atoms with Gasteiger partial charge in [-0.05, 0) is 42.7 Å². The van der Waals surface area contributed by atoms with Crippen LogP contribution in [0.25, 0.3) is 0 Å². The number of thioether (sulfide) groups is 1. The highest BCUT2D eigenvalue weighted by molar-refractivity contribution is 7.98. The molecule has 11 heteroatoms. The summed E-state index contributed by atoms with van der Waals surface area (Å²) >= 11 is 14.1. The van der Waals surface area contributed by atoms with Gasteiger partial charge in [0.05, 0.1) is 12.9 Å². The molecule has 0 fully saturated rings. The zero-order valence-corrected chi connectivity index (χ0v) is 18.2. The molecule has 8 nitrogen and oxygen atoms in total. The number of aromatic nitrogens is 2. The fourth-order valence-corrected chi connectivity index (χ4v) is 3.38. The molecule has 160 valence electrons. The zero-order chi connectivity index (χ0) is 21.9. The maximum absolute atomic E-state index is 8.36. The zero-order valence-electron chi connectivity index (χ0n) is 15.9. The highest BCUT2D eigenvalue weighted by atomic mass is 35.5. The van der Waals surface area contributed by atoms with Crippen LogP contribution in [0.3, 0.4) is 0 Å². The second-order valence-corrected chi connectivity index (χ2v) is 7.48. The van der Waals surface area contributed by atoms with E-state index in [9.17, 15) is 0 Å². The Balaban J connectivity index is 0.000000735. The molecule has 1 atom stereocenters. The van der Waals surface area contributed by atoms with Crippen LogP contribution in [-0.2, 0) is 11.3 Å². The van der Waals surface area contributed by atoms with Crippen molar-refractivity contribution in [1.82, 2.24) is 9.55 Å². The van der Waals surface area contributed by atoms with Crippen LogP contribution in [0.4, 0.5) is 0 Å². The van der Waals surface area contributed by atoms with Crippen molar-refractivity contribution in [1.29, 1.82) is 0 Å². The van der Waals surface area contributed by atoms with Gasteiger partial charge in [0.2, 0.25) is 0 Å². The van der Waals surface area contributed by atoms with Crippen molar-refractivity contribution >= 4 is 35.0 Å². The number of hydrogen-bond donors (Lipinski definition) is 1. The molecule has 2 aromatic carbocycles. The van der Waals surface area contributed by atoms with Crippen molar-refractivity contribution in [3.05, 3.63) is 86.9 Å². The molecule has 3 rings (SSSR count). The molecule has 0 aliphatic heterocycles. The third kappa shape index (κ3) is 8.11. The lowest BCUT2D eigenvalue weighted by Gasteiger charge is -2.20. The fraction of sp³-hybridized carbons (Fsp3) is 0.211. The van der Waals surface area contributed by atoms with E-state index < -0.39 is 5.09 Å². The Kier molecular flexibility index (Phi) is 9.75. The molecule has 0 bridgehead atoms. The fourth-order valence-electron chi connectivity index (χ4n) is 2.45. The van der Waals surface area contributed by atoms with E-state index in [0.29, 0.717) is 16.6 Å². The number of halogens is 2. The smallest absolute Gasteiger partial charge is 0.291 e. The van der Waals surface area contributed by atoms with Gasteiger partial charge in [0.15, 0.2) is 6.79 Å². The van der Waals surface area contributed by atoms with E-state index in [2.05, 4.69) is 4.98 Å². The predicted octanol–water partition coefficient (Wildman–Crippen LogP) is 5.36. The first-order valence-electron chi connectivity index (χ1n) is 8.51. The van der Waals surface area contributed by atoms with Gasteiger partial charge in [0.1, 0.15) is 11.9 Å². The summed E-state index contributed by atoms with van der Waals surface area (Å²) < 4.78 is 13.6. The highest BCUT2D eigenvalue weighted by Gasteiger charge is 2.17. The SMILES string of the molecule is CSc1ccc(OCOC(Cn2ccnc2)c2ccc(Cl)cc2Cl)cc1.O=[N+]([O-])O. The van der Waals surface area contributed by atoms with Gasteiger partial charge in [-0.1, -0.05) is 29.3 Å². The molecule has 0 aliphatic rings. The maximum Gasteiger partial charge on any atom is 0.291 e. The van der Waals surface area contributed by atoms with Crippen LogP contribution in [0.5, 0.6) is 5.75 Å². The van der Waals surface area contributed by atoms with Gasteiger partial charge in [-0.2, -0.15) is 0 Å². The minimum Gasteiger partial charge on any atom is -0.468 e. The first-order chi connectivity index (χ1) is 14.4. The molecule has 0 radical (unpaired) electrons. The van der Waals surface area contributed by atoms with Crippen LogP contribution in [0.15, 0.2) is 66.1 Å². The minimum atomic E-state index is -1.50. The molecular formula is C19H19Cl2N3O5S. The molecule has 30 heavy (non-hydrogen) atoms. The van der Waals surface area contributed by atoms with Gasteiger partial charge in [0.25, 0.3) is 5.09 Å². The van der Waals surface area contributed by atoms with Crippen LogP contribution in [0, 0.1) is 10.1 Å². The van der Waals surface area contributed by atoms with Crippen LogP contribution < -0.4 is 4.74 Å². The average molecular weight is 472 g/mol. The normalized spacial score (nSPS) is 11.3. The first-order valence-corrected chi connectivity index (χ1v) is 10.5. The van der Waals surface area contributed by atoms with Gasteiger partial charge in [-0.3, -0.25) is 0 Å². The summed E-state index contributed by atoms with van der Waals surface area (Å²) in [4.78, 5) is 13.6. The minimum absolute atomic E-state index is 0.108. The largest absolute Gasteiger partial charge is 0.468 e. The van der Waals surface area contributed by atoms with E-state index in [1.54, 1.807) is 36.4 Å². The Hall–Kier alpha value is -2.46. The third-order valence-corrected chi connectivity index (χ3v) is 5.11.